The summed E-state index contributed by atoms with van der Waals surface area (Å²) in [5.41, 5.74) is 1.75. The van der Waals surface area contributed by atoms with Crippen LogP contribution in [0.4, 0.5) is 0 Å². The molecule has 1 saturated heterocycles. The fourth-order valence-electron chi connectivity index (χ4n) is 4.06. The van der Waals surface area contributed by atoms with Crippen molar-refractivity contribution in [2.24, 2.45) is 23.7 Å². The zero-order chi connectivity index (χ0) is 11.0. The first-order valence-corrected chi connectivity index (χ1v) is 7.08. The van der Waals surface area contributed by atoms with Gasteiger partial charge in [-0.15, -0.1) is 0 Å². The molecule has 4 aliphatic rings. The van der Waals surface area contributed by atoms with Crippen LogP contribution < -0.4 is 0 Å². The van der Waals surface area contributed by atoms with Crippen LogP contribution in [-0.2, 0) is 4.74 Å². The third-order valence-electron chi connectivity index (χ3n) is 5.01. The van der Waals surface area contributed by atoms with Gasteiger partial charge in [0.1, 0.15) is 0 Å². The largest absolute Gasteiger partial charge is 0.381 e. The number of rotatable bonds is 3. The Morgan fingerprint density at radius 1 is 1.25 bits per heavy atom. The molecular weight excluding hydrogens is 196 g/mol. The van der Waals surface area contributed by atoms with E-state index in [1.165, 1.54) is 25.7 Å². The molecule has 4 fully saturated rings. The molecule has 0 aromatic heterocycles. The van der Waals surface area contributed by atoms with E-state index < -0.39 is 0 Å². The Morgan fingerprint density at radius 3 is 2.56 bits per heavy atom. The molecule has 1 heterocycles. The summed E-state index contributed by atoms with van der Waals surface area (Å²) >= 11 is 0. The highest BCUT2D eigenvalue weighted by Crippen LogP contribution is 2.50. The molecule has 0 radical (unpaired) electrons. The van der Waals surface area contributed by atoms with Crippen LogP contribution in [0.3, 0.4) is 0 Å². The Hall–Kier alpha value is -0.300. The number of fused-ring (bicyclic) bond motifs is 2. The molecule has 1 atom stereocenters. The first kappa shape index (κ1) is 10.8. The number of allylic oxidation sites excluding steroid dienone is 2. The molecule has 0 aromatic rings. The van der Waals surface area contributed by atoms with Gasteiger partial charge in [-0.3, -0.25) is 0 Å². The monoisotopic (exact) mass is 222 g/mol. The second-order valence-corrected chi connectivity index (χ2v) is 6.17. The Labute approximate surface area is 101 Å². The molecule has 92 valence electrons. The highest BCUT2D eigenvalue weighted by molar-refractivity contribution is 5.11. The van der Waals surface area contributed by atoms with Gasteiger partial charge in [-0.1, -0.05) is 11.6 Å². The molecule has 3 aliphatic carbocycles. The zero-order valence-corrected chi connectivity index (χ0v) is 10.5. The van der Waals surface area contributed by atoms with Crippen LogP contribution in [0.1, 0.15) is 46.9 Å². The molecular formula is C15H26O. The molecule has 0 N–H and O–H groups in total. The van der Waals surface area contributed by atoms with Crippen LogP contribution in [-0.4, -0.2) is 13.2 Å². The molecule has 1 unspecified atom stereocenters. The van der Waals surface area contributed by atoms with Crippen molar-refractivity contribution in [3.8, 4) is 0 Å². The minimum absolute atomic E-state index is 0. The molecule has 3 saturated carbocycles. The topological polar surface area (TPSA) is 9.23 Å². The van der Waals surface area contributed by atoms with E-state index in [-0.39, 0.29) is 1.43 Å². The maximum absolute atomic E-state index is 5.49. The Kier molecular flexibility index (Phi) is 3.06. The van der Waals surface area contributed by atoms with Gasteiger partial charge >= 0.3 is 0 Å². The van der Waals surface area contributed by atoms with Crippen molar-refractivity contribution < 1.29 is 6.16 Å². The summed E-state index contributed by atoms with van der Waals surface area (Å²) in [6.07, 6.45) is 11.1. The first-order chi connectivity index (χ1) is 7.85. The van der Waals surface area contributed by atoms with E-state index >= 15 is 0 Å². The van der Waals surface area contributed by atoms with Crippen LogP contribution in [0.2, 0.25) is 0 Å². The quantitative estimate of drug-likeness (QED) is 0.655. The highest BCUT2D eigenvalue weighted by atomic mass is 16.5. The molecule has 4 rings (SSSR count). The summed E-state index contributed by atoms with van der Waals surface area (Å²) < 4.78 is 5.49. The number of ether oxygens (including phenoxy) is 1. The van der Waals surface area contributed by atoms with Crippen molar-refractivity contribution in [1.82, 2.24) is 0 Å². The van der Waals surface area contributed by atoms with E-state index in [0.29, 0.717) is 0 Å². The van der Waals surface area contributed by atoms with Crippen molar-refractivity contribution in [1.29, 1.82) is 0 Å². The summed E-state index contributed by atoms with van der Waals surface area (Å²) in [7, 11) is 0. The van der Waals surface area contributed by atoms with Crippen molar-refractivity contribution >= 4 is 0 Å². The van der Waals surface area contributed by atoms with Crippen molar-refractivity contribution in [3.05, 3.63) is 11.6 Å². The first-order valence-electron chi connectivity index (χ1n) is 7.08. The predicted octanol–water partition coefficient (Wildman–Crippen LogP) is 4.04. The number of hydrogen-bond acceptors (Lipinski definition) is 1. The van der Waals surface area contributed by atoms with Gasteiger partial charge in [0, 0.05) is 14.6 Å². The van der Waals surface area contributed by atoms with Gasteiger partial charge in [-0.05, 0) is 69.1 Å². The fraction of sp³-hybridized carbons (Fsp3) is 0.867. The Balaban J connectivity index is 0.00000108. The van der Waals surface area contributed by atoms with E-state index in [9.17, 15) is 0 Å². The van der Waals surface area contributed by atoms with Crippen molar-refractivity contribution in [2.75, 3.05) is 13.2 Å². The average molecular weight is 222 g/mol. The van der Waals surface area contributed by atoms with Crippen LogP contribution in [0.15, 0.2) is 11.6 Å². The van der Waals surface area contributed by atoms with Gasteiger partial charge in [-0.2, -0.15) is 0 Å². The zero-order valence-electron chi connectivity index (χ0n) is 10.5. The third-order valence-corrected chi connectivity index (χ3v) is 5.01. The second-order valence-electron chi connectivity index (χ2n) is 6.17. The van der Waals surface area contributed by atoms with Gasteiger partial charge in [0.05, 0.1) is 0 Å². The minimum atomic E-state index is 0. The van der Waals surface area contributed by atoms with Crippen LogP contribution in [0, 0.1) is 23.7 Å². The lowest BCUT2D eigenvalue weighted by atomic mass is 9.59. The SMILES string of the molecule is C/C=C(/CC1CCOC1)C1CC2CC(C2)C1.[HH]. The lowest BCUT2D eigenvalue weighted by Crippen LogP contribution is -2.34. The van der Waals surface area contributed by atoms with Gasteiger partial charge in [0.25, 0.3) is 0 Å². The average Bonchev–Trinajstić information content (AvgIpc) is 2.77. The van der Waals surface area contributed by atoms with Gasteiger partial charge < -0.3 is 4.74 Å². The summed E-state index contributed by atoms with van der Waals surface area (Å²) in [6.45, 7) is 4.25. The van der Waals surface area contributed by atoms with Gasteiger partial charge in [-0.25, -0.2) is 0 Å². The second kappa shape index (κ2) is 4.52. The van der Waals surface area contributed by atoms with Crippen molar-refractivity contribution in [2.45, 2.75) is 45.4 Å². The lowest BCUT2D eigenvalue weighted by Gasteiger charge is -2.46. The van der Waals surface area contributed by atoms with Crippen LogP contribution in [0.25, 0.3) is 0 Å². The minimum Gasteiger partial charge on any atom is -0.381 e. The van der Waals surface area contributed by atoms with Gasteiger partial charge in [0.2, 0.25) is 0 Å². The Morgan fingerprint density at radius 2 is 2.00 bits per heavy atom. The number of hydrogen-bond donors (Lipinski definition) is 0. The van der Waals surface area contributed by atoms with Crippen LogP contribution >= 0.6 is 0 Å². The smallest absolute Gasteiger partial charge is 0.0498 e. The molecule has 0 spiro atoms. The Bertz CT molecular complexity index is 265. The molecule has 0 aromatic carbocycles. The standard InChI is InChI=1S/C15H24O.H2/c1-2-14(7-11-3-4-16-10-11)15-8-12-5-13(6-12)9-15;/h2,11-13,15H,3-10H2,1H3;1H/b14-2-;. The van der Waals surface area contributed by atoms with E-state index in [2.05, 4.69) is 13.0 Å². The molecule has 2 bridgehead atoms. The fourth-order valence-corrected chi connectivity index (χ4v) is 4.06. The molecule has 1 heteroatoms. The summed E-state index contributed by atoms with van der Waals surface area (Å²) in [5.74, 6) is 3.92. The van der Waals surface area contributed by atoms with Crippen molar-refractivity contribution in [3.63, 3.8) is 0 Å². The lowest BCUT2D eigenvalue weighted by molar-refractivity contribution is 0.0789. The predicted molar refractivity (Wildman–Crippen MR) is 68.4 cm³/mol. The maximum Gasteiger partial charge on any atom is 0.0498 e. The third kappa shape index (κ3) is 2.07. The molecule has 1 nitrogen and oxygen atoms in total. The summed E-state index contributed by atoms with van der Waals surface area (Å²) in [5, 5.41) is 0. The summed E-state index contributed by atoms with van der Waals surface area (Å²) in [4.78, 5) is 0. The van der Waals surface area contributed by atoms with Crippen LogP contribution in [0.5, 0.6) is 0 Å². The molecule has 16 heavy (non-hydrogen) atoms. The summed E-state index contributed by atoms with van der Waals surface area (Å²) in [6, 6.07) is 0. The van der Waals surface area contributed by atoms with E-state index in [1.54, 1.807) is 18.4 Å². The normalized spacial score (nSPS) is 43.2. The van der Waals surface area contributed by atoms with E-state index in [1.807, 2.05) is 0 Å². The van der Waals surface area contributed by atoms with E-state index in [0.717, 1.165) is 36.9 Å². The van der Waals surface area contributed by atoms with E-state index in [4.69, 9.17) is 4.74 Å². The molecule has 1 aliphatic heterocycles. The maximum atomic E-state index is 5.49. The molecule has 0 amide bonds. The van der Waals surface area contributed by atoms with Gasteiger partial charge in [0.15, 0.2) is 0 Å². The highest BCUT2D eigenvalue weighted by Gasteiger charge is 2.39.